The van der Waals surface area contributed by atoms with Crippen LogP contribution in [0.5, 0.6) is 0 Å². The summed E-state index contributed by atoms with van der Waals surface area (Å²) in [6.07, 6.45) is 5.75. The Labute approximate surface area is 98.6 Å². The fraction of sp³-hybridized carbons (Fsp3) is 0.154. The smallest absolute Gasteiger partial charge is 0.108 e. The zero-order chi connectivity index (χ0) is 11.7. The number of nitrogens with zero attached hydrogens (tertiary/aromatic N) is 3. The molecular formula is C13H10N4. The van der Waals surface area contributed by atoms with Gasteiger partial charge in [0.1, 0.15) is 5.69 Å². The molecule has 1 aromatic heterocycles. The zero-order valence-corrected chi connectivity index (χ0v) is 9.14. The molecule has 0 saturated carbocycles. The van der Waals surface area contributed by atoms with Gasteiger partial charge in [0.05, 0.1) is 17.8 Å². The first-order chi connectivity index (χ1) is 8.36. The monoisotopic (exact) mass is 222 g/mol. The van der Waals surface area contributed by atoms with E-state index in [1.807, 2.05) is 18.2 Å². The molecule has 0 radical (unpaired) electrons. The Morgan fingerprint density at radius 3 is 3.00 bits per heavy atom. The van der Waals surface area contributed by atoms with Gasteiger partial charge in [-0.3, -0.25) is 0 Å². The highest BCUT2D eigenvalue weighted by atomic mass is 15.3. The van der Waals surface area contributed by atoms with E-state index in [0.717, 1.165) is 24.1 Å². The van der Waals surface area contributed by atoms with Gasteiger partial charge in [-0.15, -0.1) is 0 Å². The molecule has 0 atom stereocenters. The summed E-state index contributed by atoms with van der Waals surface area (Å²) in [6.45, 7) is 0. The molecule has 1 N–H and O–H groups in total. The molecule has 17 heavy (non-hydrogen) atoms. The van der Waals surface area contributed by atoms with Crippen molar-refractivity contribution in [3.05, 3.63) is 46.8 Å². The minimum absolute atomic E-state index is 0.724. The van der Waals surface area contributed by atoms with Crippen LogP contribution in [0.2, 0.25) is 0 Å². The number of nitrogens with one attached hydrogen (secondary N) is 1. The Morgan fingerprint density at radius 2 is 2.24 bits per heavy atom. The number of H-pyrrole nitrogens is 1. The van der Waals surface area contributed by atoms with Gasteiger partial charge in [0.25, 0.3) is 0 Å². The van der Waals surface area contributed by atoms with E-state index in [1.54, 1.807) is 6.20 Å². The molecule has 1 aromatic carbocycles. The van der Waals surface area contributed by atoms with Gasteiger partial charge in [-0.1, -0.05) is 6.07 Å². The summed E-state index contributed by atoms with van der Waals surface area (Å²) in [5, 5.41) is 19.4. The molecule has 4 heteroatoms. The number of hydrogen-bond acceptors (Lipinski definition) is 3. The molecule has 1 aliphatic rings. The topological polar surface area (TPSA) is 65.4 Å². The van der Waals surface area contributed by atoms with E-state index in [-0.39, 0.29) is 0 Å². The average molecular weight is 222 g/mol. The standard InChI is InChI=1S/C13H10N4/c14-7-9-1-2-11-6-12(4-3-10(11)5-9)13-8-15-17-16-13/h1-2,5-6,8H,3-4H2,(H,15,16,17). The highest BCUT2D eigenvalue weighted by molar-refractivity contribution is 5.82. The molecule has 0 bridgehead atoms. The maximum atomic E-state index is 8.85. The van der Waals surface area contributed by atoms with E-state index in [0.29, 0.717) is 0 Å². The second-order valence-corrected chi connectivity index (χ2v) is 4.05. The van der Waals surface area contributed by atoms with Gasteiger partial charge in [-0.2, -0.15) is 20.7 Å². The molecule has 0 spiro atoms. The highest BCUT2D eigenvalue weighted by Gasteiger charge is 2.13. The first-order valence-electron chi connectivity index (χ1n) is 5.46. The summed E-state index contributed by atoms with van der Waals surface area (Å²) < 4.78 is 0. The van der Waals surface area contributed by atoms with Crippen LogP contribution in [0.25, 0.3) is 11.6 Å². The quantitative estimate of drug-likeness (QED) is 0.804. The van der Waals surface area contributed by atoms with Crippen LogP contribution in [0.4, 0.5) is 0 Å². The fourth-order valence-electron chi connectivity index (χ4n) is 2.12. The molecule has 0 unspecified atom stereocenters. The molecule has 3 rings (SSSR count). The average Bonchev–Trinajstić information content (AvgIpc) is 2.91. The third kappa shape index (κ3) is 1.72. The van der Waals surface area contributed by atoms with Crippen molar-refractivity contribution in [3.63, 3.8) is 0 Å². The van der Waals surface area contributed by atoms with Crippen molar-refractivity contribution in [2.75, 3.05) is 0 Å². The van der Waals surface area contributed by atoms with Crippen molar-refractivity contribution in [2.24, 2.45) is 0 Å². The number of benzene rings is 1. The highest BCUT2D eigenvalue weighted by Crippen LogP contribution is 2.29. The summed E-state index contributed by atoms with van der Waals surface area (Å²) in [5.74, 6) is 0. The van der Waals surface area contributed by atoms with Crippen molar-refractivity contribution < 1.29 is 0 Å². The Bertz CT molecular complexity index is 617. The van der Waals surface area contributed by atoms with Gasteiger partial charge in [-0.25, -0.2) is 0 Å². The molecule has 0 aliphatic heterocycles. The van der Waals surface area contributed by atoms with Crippen LogP contribution < -0.4 is 0 Å². The van der Waals surface area contributed by atoms with Gasteiger partial charge in [0.15, 0.2) is 0 Å². The molecule has 0 fully saturated rings. The lowest BCUT2D eigenvalue weighted by atomic mass is 9.90. The maximum absolute atomic E-state index is 8.85. The van der Waals surface area contributed by atoms with Gasteiger partial charge in [-0.05, 0) is 47.8 Å². The van der Waals surface area contributed by atoms with E-state index in [9.17, 15) is 0 Å². The van der Waals surface area contributed by atoms with Crippen molar-refractivity contribution in [1.82, 2.24) is 15.4 Å². The van der Waals surface area contributed by atoms with E-state index in [2.05, 4.69) is 27.6 Å². The Balaban J connectivity index is 2.04. The second-order valence-electron chi connectivity index (χ2n) is 4.05. The maximum Gasteiger partial charge on any atom is 0.108 e. The summed E-state index contributed by atoms with van der Waals surface area (Å²) in [4.78, 5) is 0. The molecule has 2 aromatic rings. The van der Waals surface area contributed by atoms with Gasteiger partial charge >= 0.3 is 0 Å². The Morgan fingerprint density at radius 1 is 1.29 bits per heavy atom. The number of aromatic amines is 1. The van der Waals surface area contributed by atoms with E-state index < -0.39 is 0 Å². The zero-order valence-electron chi connectivity index (χ0n) is 9.14. The van der Waals surface area contributed by atoms with Crippen LogP contribution in [0.3, 0.4) is 0 Å². The third-order valence-corrected chi connectivity index (χ3v) is 3.01. The minimum Gasteiger partial charge on any atom is -0.197 e. The van der Waals surface area contributed by atoms with Crippen molar-refractivity contribution in [2.45, 2.75) is 12.8 Å². The molecular weight excluding hydrogens is 212 g/mol. The third-order valence-electron chi connectivity index (χ3n) is 3.01. The number of hydrogen-bond donors (Lipinski definition) is 1. The Hall–Kier alpha value is -2.41. The summed E-state index contributed by atoms with van der Waals surface area (Å²) in [6, 6.07) is 7.97. The lowest BCUT2D eigenvalue weighted by Crippen LogP contribution is -1.99. The van der Waals surface area contributed by atoms with Crippen LogP contribution >= 0.6 is 0 Å². The summed E-state index contributed by atoms with van der Waals surface area (Å²) in [7, 11) is 0. The van der Waals surface area contributed by atoms with Gasteiger partial charge < -0.3 is 0 Å². The number of aryl methyl sites for hydroxylation is 1. The number of allylic oxidation sites excluding steroid dienone is 1. The molecule has 82 valence electrons. The van der Waals surface area contributed by atoms with Crippen molar-refractivity contribution in [1.29, 1.82) is 5.26 Å². The van der Waals surface area contributed by atoms with E-state index >= 15 is 0 Å². The molecule has 1 heterocycles. The summed E-state index contributed by atoms with van der Waals surface area (Å²) in [5.41, 5.74) is 5.22. The van der Waals surface area contributed by atoms with Crippen molar-refractivity contribution in [3.8, 4) is 6.07 Å². The molecule has 1 aliphatic carbocycles. The minimum atomic E-state index is 0.724. The van der Waals surface area contributed by atoms with Gasteiger partial charge in [0, 0.05) is 0 Å². The van der Waals surface area contributed by atoms with Crippen LogP contribution in [0.1, 0.15) is 28.8 Å². The molecule has 0 amide bonds. The number of aromatic nitrogens is 3. The lowest BCUT2D eigenvalue weighted by Gasteiger charge is -2.14. The molecule has 4 nitrogen and oxygen atoms in total. The predicted molar refractivity (Wildman–Crippen MR) is 63.7 cm³/mol. The largest absolute Gasteiger partial charge is 0.197 e. The van der Waals surface area contributed by atoms with Crippen LogP contribution in [-0.2, 0) is 6.42 Å². The lowest BCUT2D eigenvalue weighted by molar-refractivity contribution is 0.926. The summed E-state index contributed by atoms with van der Waals surface area (Å²) >= 11 is 0. The van der Waals surface area contributed by atoms with Gasteiger partial charge in [0.2, 0.25) is 0 Å². The normalized spacial score (nSPS) is 13.7. The fourth-order valence-corrected chi connectivity index (χ4v) is 2.12. The first kappa shape index (κ1) is 9.79. The first-order valence-corrected chi connectivity index (χ1v) is 5.46. The van der Waals surface area contributed by atoms with E-state index in [1.165, 1.54) is 16.7 Å². The number of nitriles is 1. The predicted octanol–water partition coefficient (Wildman–Crippen LogP) is 2.16. The number of rotatable bonds is 1. The van der Waals surface area contributed by atoms with Crippen molar-refractivity contribution >= 4 is 11.6 Å². The Kier molecular flexibility index (Phi) is 2.23. The van der Waals surface area contributed by atoms with Crippen LogP contribution in [0.15, 0.2) is 24.4 Å². The van der Waals surface area contributed by atoms with Crippen LogP contribution in [0, 0.1) is 11.3 Å². The second kappa shape index (κ2) is 3.87. The van der Waals surface area contributed by atoms with E-state index in [4.69, 9.17) is 5.26 Å². The SMILES string of the molecule is N#Cc1ccc2c(c1)CCC(c1cn[nH]n1)=C2. The molecule has 0 saturated heterocycles. The van der Waals surface area contributed by atoms with Crippen LogP contribution in [-0.4, -0.2) is 15.4 Å². The number of fused-ring (bicyclic) bond motifs is 1.